The first-order valence-corrected chi connectivity index (χ1v) is 6.40. The maximum atomic E-state index is 11.1. The van der Waals surface area contributed by atoms with E-state index in [1.165, 1.54) is 0 Å². The van der Waals surface area contributed by atoms with Crippen LogP contribution in [0.1, 0.15) is 28.5 Å². The first-order valence-electron chi connectivity index (χ1n) is 5.61. The lowest BCUT2D eigenvalue weighted by molar-refractivity contribution is 0.0695. The van der Waals surface area contributed by atoms with Crippen molar-refractivity contribution in [2.45, 2.75) is 20.3 Å². The third-order valence-electron chi connectivity index (χ3n) is 2.76. The highest BCUT2D eigenvalue weighted by atomic mass is 79.9. The number of hydrogen-bond donors (Lipinski definition) is 1. The van der Waals surface area contributed by atoms with Crippen LogP contribution in [-0.2, 0) is 6.42 Å². The van der Waals surface area contributed by atoms with Gasteiger partial charge in [0.25, 0.3) is 0 Å². The summed E-state index contributed by atoms with van der Waals surface area (Å²) in [6.45, 7) is 3.88. The Morgan fingerprint density at radius 3 is 2.72 bits per heavy atom. The largest absolute Gasteiger partial charge is 0.478 e. The second-order valence-electron chi connectivity index (χ2n) is 4.03. The van der Waals surface area contributed by atoms with Gasteiger partial charge in [-0.15, -0.1) is 0 Å². The van der Waals surface area contributed by atoms with Crippen molar-refractivity contribution >= 4 is 21.9 Å². The van der Waals surface area contributed by atoms with Crippen LogP contribution in [0.5, 0.6) is 0 Å². The molecule has 0 spiro atoms. The van der Waals surface area contributed by atoms with Gasteiger partial charge in [0, 0.05) is 10.7 Å². The number of carboxylic acid groups (broad SMARTS) is 1. The number of aromatic nitrogens is 2. The topological polar surface area (TPSA) is 55.1 Å². The number of carbonyl (C=O) groups is 1. The van der Waals surface area contributed by atoms with Crippen LogP contribution in [0.3, 0.4) is 0 Å². The Morgan fingerprint density at radius 1 is 1.50 bits per heavy atom. The molecule has 0 aliphatic carbocycles. The number of halogens is 1. The first-order chi connectivity index (χ1) is 8.52. The van der Waals surface area contributed by atoms with Gasteiger partial charge in [-0.1, -0.05) is 22.9 Å². The van der Waals surface area contributed by atoms with Crippen LogP contribution >= 0.6 is 15.9 Å². The van der Waals surface area contributed by atoms with E-state index in [0.717, 1.165) is 15.7 Å². The smallest absolute Gasteiger partial charge is 0.339 e. The van der Waals surface area contributed by atoms with Gasteiger partial charge >= 0.3 is 5.97 Å². The molecule has 0 bridgehead atoms. The Morgan fingerprint density at radius 2 is 2.22 bits per heavy atom. The van der Waals surface area contributed by atoms with Crippen LogP contribution in [0, 0.1) is 6.92 Å². The number of benzene rings is 1. The van der Waals surface area contributed by atoms with E-state index in [9.17, 15) is 4.79 Å². The van der Waals surface area contributed by atoms with Crippen molar-refractivity contribution in [2.75, 3.05) is 0 Å². The predicted octanol–water partition coefficient (Wildman–Crippen LogP) is 3.20. The van der Waals surface area contributed by atoms with Gasteiger partial charge in [0.15, 0.2) is 0 Å². The van der Waals surface area contributed by atoms with Crippen LogP contribution < -0.4 is 0 Å². The Balaban J connectivity index is 2.50. The lowest BCUT2D eigenvalue weighted by atomic mass is 10.2. The Kier molecular flexibility index (Phi) is 3.52. The second kappa shape index (κ2) is 4.94. The van der Waals surface area contributed by atoms with E-state index in [1.807, 2.05) is 32.0 Å². The Labute approximate surface area is 113 Å². The average molecular weight is 309 g/mol. The third kappa shape index (κ3) is 2.31. The van der Waals surface area contributed by atoms with Gasteiger partial charge in [-0.05, 0) is 37.1 Å². The standard InChI is InChI=1S/C13H13BrN2O2/c1-3-12-10(13(17)18)7-16(15-12)9-4-5-11(14)8(2)6-9/h4-7H,3H2,1-2H3,(H,17,18). The maximum Gasteiger partial charge on any atom is 0.339 e. The summed E-state index contributed by atoms with van der Waals surface area (Å²) in [7, 11) is 0. The lowest BCUT2D eigenvalue weighted by Crippen LogP contribution is -1.98. The molecule has 0 amide bonds. The molecule has 1 aromatic carbocycles. The van der Waals surface area contributed by atoms with Crippen molar-refractivity contribution in [1.82, 2.24) is 9.78 Å². The Hall–Kier alpha value is -1.62. The minimum atomic E-state index is -0.938. The number of nitrogens with zero attached hydrogens (tertiary/aromatic N) is 2. The van der Waals surface area contributed by atoms with Crippen molar-refractivity contribution < 1.29 is 9.90 Å². The van der Waals surface area contributed by atoms with Crippen LogP contribution in [-0.4, -0.2) is 20.9 Å². The van der Waals surface area contributed by atoms with Crippen molar-refractivity contribution in [3.8, 4) is 5.69 Å². The molecule has 18 heavy (non-hydrogen) atoms. The number of aromatic carboxylic acids is 1. The molecular formula is C13H13BrN2O2. The van der Waals surface area contributed by atoms with E-state index < -0.39 is 5.97 Å². The molecule has 0 atom stereocenters. The summed E-state index contributed by atoms with van der Waals surface area (Å²) in [6, 6.07) is 5.79. The first kappa shape index (κ1) is 12.8. The summed E-state index contributed by atoms with van der Waals surface area (Å²) < 4.78 is 2.63. The Bertz CT molecular complexity index is 605. The van der Waals surface area contributed by atoms with E-state index in [4.69, 9.17) is 5.11 Å². The predicted molar refractivity (Wildman–Crippen MR) is 72.3 cm³/mol. The molecule has 2 aromatic rings. The van der Waals surface area contributed by atoms with E-state index in [1.54, 1.807) is 10.9 Å². The zero-order chi connectivity index (χ0) is 13.3. The molecule has 0 saturated heterocycles. The van der Waals surface area contributed by atoms with Crippen LogP contribution in [0.4, 0.5) is 0 Å². The number of aryl methyl sites for hydroxylation is 2. The summed E-state index contributed by atoms with van der Waals surface area (Å²) in [5.74, 6) is -0.938. The summed E-state index contributed by atoms with van der Waals surface area (Å²) in [5.41, 5.74) is 2.80. The van der Waals surface area contributed by atoms with Crippen LogP contribution in [0.2, 0.25) is 0 Å². The van der Waals surface area contributed by atoms with Crippen molar-refractivity contribution in [1.29, 1.82) is 0 Å². The number of carboxylic acids is 1. The molecule has 0 saturated carbocycles. The molecule has 1 N–H and O–H groups in total. The van der Waals surface area contributed by atoms with Crippen LogP contribution in [0.25, 0.3) is 5.69 Å². The van der Waals surface area contributed by atoms with Gasteiger partial charge in [-0.2, -0.15) is 5.10 Å². The molecule has 5 heteroatoms. The second-order valence-corrected chi connectivity index (χ2v) is 4.88. The average Bonchev–Trinajstić information content (AvgIpc) is 2.77. The highest BCUT2D eigenvalue weighted by molar-refractivity contribution is 9.10. The van der Waals surface area contributed by atoms with Gasteiger partial charge in [-0.3, -0.25) is 0 Å². The summed E-state index contributed by atoms with van der Waals surface area (Å²) in [4.78, 5) is 11.1. The van der Waals surface area contributed by atoms with E-state index in [0.29, 0.717) is 12.1 Å². The fourth-order valence-electron chi connectivity index (χ4n) is 1.75. The molecule has 2 rings (SSSR count). The van der Waals surface area contributed by atoms with Crippen molar-refractivity contribution in [3.05, 3.63) is 45.7 Å². The molecule has 0 radical (unpaired) electrons. The highest BCUT2D eigenvalue weighted by Crippen LogP contribution is 2.20. The van der Waals surface area contributed by atoms with Crippen LogP contribution in [0.15, 0.2) is 28.9 Å². The van der Waals surface area contributed by atoms with Gasteiger partial charge in [0.2, 0.25) is 0 Å². The highest BCUT2D eigenvalue weighted by Gasteiger charge is 2.14. The molecule has 1 heterocycles. The third-order valence-corrected chi connectivity index (χ3v) is 3.65. The zero-order valence-electron chi connectivity index (χ0n) is 10.1. The molecule has 0 aliphatic rings. The monoisotopic (exact) mass is 308 g/mol. The minimum absolute atomic E-state index is 0.262. The van der Waals surface area contributed by atoms with Gasteiger partial charge in [0.05, 0.1) is 11.4 Å². The minimum Gasteiger partial charge on any atom is -0.478 e. The fraction of sp³-hybridized carbons (Fsp3) is 0.231. The summed E-state index contributed by atoms with van der Waals surface area (Å²) in [5, 5.41) is 13.4. The van der Waals surface area contributed by atoms with Gasteiger partial charge in [0.1, 0.15) is 5.56 Å². The van der Waals surface area contributed by atoms with E-state index in [-0.39, 0.29) is 5.56 Å². The van der Waals surface area contributed by atoms with E-state index >= 15 is 0 Å². The van der Waals surface area contributed by atoms with Crippen molar-refractivity contribution in [3.63, 3.8) is 0 Å². The van der Waals surface area contributed by atoms with Crippen molar-refractivity contribution in [2.24, 2.45) is 0 Å². The molecular weight excluding hydrogens is 296 g/mol. The molecule has 1 aromatic heterocycles. The number of hydrogen-bond acceptors (Lipinski definition) is 2. The molecule has 0 aliphatic heterocycles. The molecule has 4 nitrogen and oxygen atoms in total. The molecule has 0 fully saturated rings. The van der Waals surface area contributed by atoms with Gasteiger partial charge < -0.3 is 5.11 Å². The fourth-order valence-corrected chi connectivity index (χ4v) is 2.00. The number of rotatable bonds is 3. The maximum absolute atomic E-state index is 11.1. The summed E-state index contributed by atoms with van der Waals surface area (Å²) >= 11 is 3.43. The zero-order valence-corrected chi connectivity index (χ0v) is 11.7. The SMILES string of the molecule is CCc1nn(-c2ccc(Br)c(C)c2)cc1C(=O)O. The van der Waals surface area contributed by atoms with E-state index in [2.05, 4.69) is 21.0 Å². The quantitative estimate of drug-likeness (QED) is 0.947. The molecule has 94 valence electrons. The lowest BCUT2D eigenvalue weighted by Gasteiger charge is -2.04. The summed E-state index contributed by atoms with van der Waals surface area (Å²) in [6.07, 6.45) is 2.16. The molecule has 0 unspecified atom stereocenters. The van der Waals surface area contributed by atoms with Gasteiger partial charge in [-0.25, -0.2) is 9.48 Å². The normalized spacial score (nSPS) is 10.6.